The molecule has 2 heterocycles. The number of likely N-dealkylation sites (N-methyl/N-ethyl adjacent to an activating group) is 1. The van der Waals surface area contributed by atoms with Crippen LogP contribution in [0.1, 0.15) is 40.0 Å². The number of nitrogens with one attached hydrogen (secondary N) is 3. The molecule has 0 spiro atoms. The molecule has 0 saturated heterocycles. The fourth-order valence-electron chi connectivity index (χ4n) is 4.56. The number of ether oxygens (including phenoxy) is 3. The van der Waals surface area contributed by atoms with Crippen molar-refractivity contribution in [3.05, 3.63) is 88.6 Å². The first-order valence-corrected chi connectivity index (χ1v) is 11.6. The van der Waals surface area contributed by atoms with E-state index in [0.29, 0.717) is 16.8 Å². The van der Waals surface area contributed by atoms with Crippen LogP contribution in [-0.2, 0) is 16.0 Å². The van der Waals surface area contributed by atoms with Gasteiger partial charge >= 0.3 is 5.97 Å². The number of carbonyl (C=O) groups excluding carboxylic acids is 2. The van der Waals surface area contributed by atoms with Crippen LogP contribution in [-0.4, -0.2) is 32.8 Å². The van der Waals surface area contributed by atoms with E-state index in [1.54, 1.807) is 18.2 Å². The number of esters is 1. The maximum atomic E-state index is 12.7. The van der Waals surface area contributed by atoms with Crippen LogP contribution in [0.4, 0.5) is 11.4 Å². The van der Waals surface area contributed by atoms with E-state index in [1.165, 1.54) is 7.11 Å². The second-order valence-corrected chi connectivity index (χ2v) is 8.69. The highest BCUT2D eigenvalue weighted by atomic mass is 16.7. The molecule has 1 amide bonds. The van der Waals surface area contributed by atoms with Gasteiger partial charge in [0.25, 0.3) is 5.91 Å². The summed E-state index contributed by atoms with van der Waals surface area (Å²) < 4.78 is 15.7. The summed E-state index contributed by atoms with van der Waals surface area (Å²) in [5.41, 5.74) is 6.15. The predicted molar refractivity (Wildman–Crippen MR) is 137 cm³/mol. The summed E-state index contributed by atoms with van der Waals surface area (Å²) in [5.74, 6) is 0.900. The number of anilines is 2. The van der Waals surface area contributed by atoms with E-state index in [4.69, 9.17) is 14.2 Å². The van der Waals surface area contributed by atoms with Crippen molar-refractivity contribution < 1.29 is 23.8 Å². The molecule has 0 aromatic heterocycles. The first-order valence-electron chi connectivity index (χ1n) is 11.6. The molecule has 0 aliphatic carbocycles. The van der Waals surface area contributed by atoms with Gasteiger partial charge in [-0.1, -0.05) is 24.3 Å². The van der Waals surface area contributed by atoms with Gasteiger partial charge in [0, 0.05) is 23.0 Å². The van der Waals surface area contributed by atoms with E-state index in [2.05, 4.69) is 34.1 Å². The predicted octanol–water partition coefficient (Wildman–Crippen LogP) is 4.50. The smallest absolute Gasteiger partial charge is 0.337 e. The van der Waals surface area contributed by atoms with Crippen LogP contribution >= 0.6 is 0 Å². The largest absolute Gasteiger partial charge is 0.465 e. The van der Waals surface area contributed by atoms with E-state index >= 15 is 0 Å². The molecule has 0 radical (unpaired) electrons. The number of amides is 1. The van der Waals surface area contributed by atoms with Crippen LogP contribution in [0.2, 0.25) is 0 Å². The Bertz CT molecular complexity index is 1360. The number of allylic oxidation sites excluding steroid dienone is 1. The lowest BCUT2D eigenvalue weighted by Gasteiger charge is -2.18. The van der Waals surface area contributed by atoms with Crippen molar-refractivity contribution in [2.45, 2.75) is 19.4 Å². The number of methoxy groups -OCH3 is 1. The van der Waals surface area contributed by atoms with Crippen molar-refractivity contribution in [1.82, 2.24) is 5.32 Å². The van der Waals surface area contributed by atoms with Crippen molar-refractivity contribution >= 4 is 28.8 Å². The molecule has 1 unspecified atom stereocenters. The molecule has 5 rings (SSSR count). The lowest BCUT2D eigenvalue weighted by atomic mass is 9.98. The number of carbonyl (C=O) groups is 2. The van der Waals surface area contributed by atoms with E-state index in [9.17, 15) is 9.59 Å². The molecule has 0 saturated carbocycles. The first-order chi connectivity index (χ1) is 17.5. The van der Waals surface area contributed by atoms with Crippen LogP contribution in [0.5, 0.6) is 11.5 Å². The van der Waals surface area contributed by atoms with Gasteiger partial charge in [-0.3, -0.25) is 4.79 Å². The third-order valence-electron chi connectivity index (χ3n) is 6.43. The summed E-state index contributed by atoms with van der Waals surface area (Å²) >= 11 is 0. The topological polar surface area (TPSA) is 97.9 Å². The average molecular weight is 486 g/mol. The Balaban J connectivity index is 1.31. The van der Waals surface area contributed by atoms with Crippen molar-refractivity contribution in [3.63, 3.8) is 0 Å². The monoisotopic (exact) mass is 485 g/mol. The standard InChI is InChI=1S/C28H27N3O5/c1-16(26-21-10-7-19(28(33)34-3)14-23(21)31-27(26)32)30-20-8-5-18(6-9-20)22(29-2)12-17-4-11-24-25(13-17)36-15-35-24/h4-11,13-14,22,29-30H,12,15H2,1-3H3,(H,31,32). The number of benzene rings is 3. The van der Waals surface area contributed by atoms with Gasteiger partial charge in [-0.2, -0.15) is 0 Å². The third-order valence-corrected chi connectivity index (χ3v) is 6.43. The highest BCUT2D eigenvalue weighted by Gasteiger charge is 2.27. The van der Waals surface area contributed by atoms with Gasteiger partial charge < -0.3 is 30.2 Å². The fraction of sp³-hybridized carbons (Fsp3) is 0.214. The van der Waals surface area contributed by atoms with E-state index in [1.807, 2.05) is 38.2 Å². The van der Waals surface area contributed by atoms with Gasteiger partial charge in [0.2, 0.25) is 6.79 Å². The number of rotatable bonds is 7. The Morgan fingerprint density at radius 3 is 2.58 bits per heavy atom. The SMILES string of the molecule is CNC(Cc1ccc2c(c1)OCO2)c1ccc(NC(C)=C2C(=O)Nc3cc(C(=O)OC)ccc32)cc1. The zero-order valence-corrected chi connectivity index (χ0v) is 20.3. The third kappa shape index (κ3) is 4.50. The van der Waals surface area contributed by atoms with Crippen molar-refractivity contribution in [2.75, 3.05) is 31.6 Å². The van der Waals surface area contributed by atoms with Crippen LogP contribution in [0.25, 0.3) is 5.57 Å². The van der Waals surface area contributed by atoms with Crippen molar-refractivity contribution in [1.29, 1.82) is 0 Å². The highest BCUT2D eigenvalue weighted by Crippen LogP contribution is 2.36. The first kappa shape index (κ1) is 23.4. The average Bonchev–Trinajstić information content (AvgIpc) is 3.49. The lowest BCUT2D eigenvalue weighted by Crippen LogP contribution is -2.18. The van der Waals surface area contributed by atoms with Gasteiger partial charge in [0.15, 0.2) is 11.5 Å². The summed E-state index contributed by atoms with van der Waals surface area (Å²) in [7, 11) is 3.27. The summed E-state index contributed by atoms with van der Waals surface area (Å²) in [4.78, 5) is 24.5. The second kappa shape index (κ2) is 9.75. The molecule has 36 heavy (non-hydrogen) atoms. The summed E-state index contributed by atoms with van der Waals surface area (Å²) in [6.07, 6.45) is 0.799. The molecule has 8 heteroatoms. The maximum absolute atomic E-state index is 12.7. The Labute approximate surface area is 209 Å². The molecule has 8 nitrogen and oxygen atoms in total. The highest BCUT2D eigenvalue weighted by molar-refractivity contribution is 6.32. The van der Waals surface area contributed by atoms with Crippen LogP contribution < -0.4 is 25.4 Å². The normalized spacial score (nSPS) is 15.7. The molecule has 184 valence electrons. The Morgan fingerprint density at radius 2 is 1.83 bits per heavy atom. The van der Waals surface area contributed by atoms with Crippen LogP contribution in [0.3, 0.4) is 0 Å². The lowest BCUT2D eigenvalue weighted by molar-refractivity contribution is -0.110. The number of fused-ring (bicyclic) bond motifs is 2. The minimum absolute atomic E-state index is 0.121. The summed E-state index contributed by atoms with van der Waals surface area (Å²) in [6.45, 7) is 2.13. The number of hydrogen-bond acceptors (Lipinski definition) is 7. The summed E-state index contributed by atoms with van der Waals surface area (Å²) in [6, 6.07) is 19.3. The molecule has 3 aromatic rings. The molecule has 2 aliphatic rings. The second-order valence-electron chi connectivity index (χ2n) is 8.69. The molecule has 1 atom stereocenters. The fourth-order valence-corrected chi connectivity index (χ4v) is 4.56. The van der Waals surface area contributed by atoms with Crippen molar-refractivity contribution in [3.8, 4) is 11.5 Å². The van der Waals surface area contributed by atoms with E-state index < -0.39 is 5.97 Å². The Hall–Kier alpha value is -4.30. The molecular weight excluding hydrogens is 458 g/mol. The molecule has 2 aliphatic heterocycles. The minimum Gasteiger partial charge on any atom is -0.465 e. The zero-order valence-electron chi connectivity index (χ0n) is 20.3. The van der Waals surface area contributed by atoms with Crippen molar-refractivity contribution in [2.24, 2.45) is 0 Å². The number of hydrogen-bond donors (Lipinski definition) is 3. The van der Waals surface area contributed by atoms with Gasteiger partial charge in [-0.25, -0.2) is 4.79 Å². The van der Waals surface area contributed by atoms with E-state index in [0.717, 1.165) is 46.0 Å². The molecular formula is C28H27N3O5. The van der Waals surface area contributed by atoms with Gasteiger partial charge in [0.05, 0.1) is 23.9 Å². The Morgan fingerprint density at radius 1 is 1.06 bits per heavy atom. The minimum atomic E-state index is -0.446. The van der Waals surface area contributed by atoms with Crippen LogP contribution in [0, 0.1) is 0 Å². The van der Waals surface area contributed by atoms with Gasteiger partial charge in [-0.15, -0.1) is 0 Å². The zero-order chi connectivity index (χ0) is 25.2. The Kier molecular flexibility index (Phi) is 6.35. The van der Waals surface area contributed by atoms with Gasteiger partial charge in [0.1, 0.15) is 0 Å². The van der Waals surface area contributed by atoms with Gasteiger partial charge in [-0.05, 0) is 67.9 Å². The quantitative estimate of drug-likeness (QED) is 0.335. The summed E-state index contributed by atoms with van der Waals surface area (Å²) in [5, 5.41) is 9.56. The molecule has 3 N–H and O–H groups in total. The molecule has 0 bridgehead atoms. The molecule has 3 aromatic carbocycles. The van der Waals surface area contributed by atoms with Crippen LogP contribution in [0.15, 0.2) is 66.4 Å². The maximum Gasteiger partial charge on any atom is 0.337 e. The van der Waals surface area contributed by atoms with E-state index in [-0.39, 0.29) is 18.7 Å². The molecule has 0 fully saturated rings.